The molecule has 1 aliphatic heterocycles. The fourth-order valence-corrected chi connectivity index (χ4v) is 2.83. The quantitative estimate of drug-likeness (QED) is 0.940. The van der Waals surface area contributed by atoms with Crippen molar-refractivity contribution in [3.8, 4) is 6.07 Å². The number of anilines is 1. The first kappa shape index (κ1) is 14.8. The maximum atomic E-state index is 9.15. The number of pyridine rings is 1. The van der Waals surface area contributed by atoms with E-state index in [4.69, 9.17) is 14.7 Å². The van der Waals surface area contributed by atoms with Gasteiger partial charge in [0.2, 0.25) is 0 Å². The second kappa shape index (κ2) is 6.30. The number of benzene rings is 1. The third kappa shape index (κ3) is 2.89. The van der Waals surface area contributed by atoms with Gasteiger partial charge in [0.25, 0.3) is 0 Å². The van der Waals surface area contributed by atoms with Crippen LogP contribution in [0.3, 0.4) is 0 Å². The van der Waals surface area contributed by atoms with E-state index < -0.39 is 0 Å². The first-order valence-corrected chi connectivity index (χ1v) is 7.43. The molecule has 0 aliphatic carbocycles. The van der Waals surface area contributed by atoms with Crippen LogP contribution in [0.4, 0.5) is 5.69 Å². The predicted molar refractivity (Wildman–Crippen MR) is 84.7 cm³/mol. The first-order valence-electron chi connectivity index (χ1n) is 7.43. The molecule has 1 fully saturated rings. The average molecular weight is 297 g/mol. The van der Waals surface area contributed by atoms with Gasteiger partial charge in [-0.25, -0.2) is 4.98 Å². The molecule has 1 aromatic heterocycles. The monoisotopic (exact) mass is 297 g/mol. The third-order valence-corrected chi connectivity index (χ3v) is 4.27. The number of nitriles is 1. The van der Waals surface area contributed by atoms with E-state index >= 15 is 0 Å². The van der Waals surface area contributed by atoms with Crippen molar-refractivity contribution in [2.24, 2.45) is 0 Å². The molecule has 1 aromatic carbocycles. The van der Waals surface area contributed by atoms with E-state index in [1.807, 2.05) is 24.3 Å². The van der Waals surface area contributed by atoms with E-state index in [-0.39, 0.29) is 5.60 Å². The number of hydrogen-bond acceptors (Lipinski definition) is 5. The summed E-state index contributed by atoms with van der Waals surface area (Å²) in [5.74, 6) is 0. The van der Waals surface area contributed by atoms with Crippen molar-refractivity contribution in [2.75, 3.05) is 32.2 Å². The molecule has 1 saturated heterocycles. The summed E-state index contributed by atoms with van der Waals surface area (Å²) < 4.78 is 11.2. The molecule has 22 heavy (non-hydrogen) atoms. The summed E-state index contributed by atoms with van der Waals surface area (Å²) >= 11 is 0. The molecule has 0 atom stereocenters. The van der Waals surface area contributed by atoms with Gasteiger partial charge in [0.1, 0.15) is 11.8 Å². The molecule has 3 rings (SSSR count). The van der Waals surface area contributed by atoms with Crippen LogP contribution in [0.25, 0.3) is 10.9 Å². The van der Waals surface area contributed by atoms with Crippen molar-refractivity contribution < 1.29 is 9.47 Å². The largest absolute Gasteiger partial charge is 0.382 e. The number of nitrogens with zero attached hydrogens (tertiary/aromatic N) is 2. The van der Waals surface area contributed by atoms with Crippen LogP contribution in [0.15, 0.2) is 30.3 Å². The van der Waals surface area contributed by atoms with E-state index in [1.54, 1.807) is 13.2 Å². The number of hydrogen-bond donors (Lipinski definition) is 1. The Kier molecular flexibility index (Phi) is 4.23. The summed E-state index contributed by atoms with van der Waals surface area (Å²) in [6.07, 6.45) is 1.73. The van der Waals surface area contributed by atoms with Gasteiger partial charge in [0.05, 0.1) is 11.1 Å². The van der Waals surface area contributed by atoms with Crippen LogP contribution in [-0.2, 0) is 9.47 Å². The Labute approximate surface area is 129 Å². The Bertz CT molecular complexity index is 703. The maximum absolute atomic E-state index is 9.15. The van der Waals surface area contributed by atoms with Crippen LogP contribution < -0.4 is 5.32 Å². The van der Waals surface area contributed by atoms with Gasteiger partial charge >= 0.3 is 0 Å². The van der Waals surface area contributed by atoms with E-state index in [1.165, 1.54) is 0 Å². The number of fused-ring (bicyclic) bond motifs is 1. The molecule has 5 heteroatoms. The molecule has 5 nitrogen and oxygen atoms in total. The lowest BCUT2D eigenvalue weighted by Crippen LogP contribution is -2.44. The van der Waals surface area contributed by atoms with E-state index in [9.17, 15) is 0 Å². The van der Waals surface area contributed by atoms with Crippen LogP contribution in [0.5, 0.6) is 0 Å². The molecular formula is C17H19N3O2. The predicted octanol–water partition coefficient (Wildman–Crippen LogP) is 2.71. The van der Waals surface area contributed by atoms with Gasteiger partial charge in [-0.3, -0.25) is 0 Å². The SMILES string of the molecule is COC1(CNc2cc(C#N)nc3ccccc23)CCOCC1. The van der Waals surface area contributed by atoms with Gasteiger partial charge in [-0.2, -0.15) is 5.26 Å². The molecule has 2 heterocycles. The number of nitrogens with one attached hydrogen (secondary N) is 1. The molecule has 114 valence electrons. The smallest absolute Gasteiger partial charge is 0.143 e. The molecule has 1 aliphatic rings. The topological polar surface area (TPSA) is 67.2 Å². The van der Waals surface area contributed by atoms with Crippen LogP contribution in [0.1, 0.15) is 18.5 Å². The molecule has 0 radical (unpaired) electrons. The van der Waals surface area contributed by atoms with Crippen LogP contribution in [0.2, 0.25) is 0 Å². The maximum Gasteiger partial charge on any atom is 0.143 e. The van der Waals surface area contributed by atoms with Crippen molar-refractivity contribution in [1.82, 2.24) is 4.98 Å². The van der Waals surface area contributed by atoms with E-state index in [0.29, 0.717) is 12.2 Å². The second-order valence-corrected chi connectivity index (χ2v) is 5.54. The summed E-state index contributed by atoms with van der Waals surface area (Å²) in [7, 11) is 1.75. The van der Waals surface area contributed by atoms with Gasteiger partial charge in [-0.15, -0.1) is 0 Å². The lowest BCUT2D eigenvalue weighted by molar-refractivity contribution is -0.0807. The Morgan fingerprint density at radius 3 is 2.86 bits per heavy atom. The highest BCUT2D eigenvalue weighted by atomic mass is 16.5. The van der Waals surface area contributed by atoms with Crippen molar-refractivity contribution in [3.63, 3.8) is 0 Å². The van der Waals surface area contributed by atoms with Crippen molar-refractivity contribution in [3.05, 3.63) is 36.0 Å². The zero-order chi connectivity index (χ0) is 15.4. The lowest BCUT2D eigenvalue weighted by Gasteiger charge is -2.36. The number of para-hydroxylation sites is 1. The van der Waals surface area contributed by atoms with Crippen molar-refractivity contribution in [1.29, 1.82) is 5.26 Å². The van der Waals surface area contributed by atoms with Gasteiger partial charge in [0, 0.05) is 50.8 Å². The highest BCUT2D eigenvalue weighted by molar-refractivity contribution is 5.91. The Balaban J connectivity index is 1.88. The van der Waals surface area contributed by atoms with Crippen LogP contribution in [-0.4, -0.2) is 37.5 Å². The number of ether oxygens (including phenoxy) is 2. The molecule has 0 spiro atoms. The van der Waals surface area contributed by atoms with Crippen molar-refractivity contribution in [2.45, 2.75) is 18.4 Å². The second-order valence-electron chi connectivity index (χ2n) is 5.54. The summed E-state index contributed by atoms with van der Waals surface area (Å²) in [5, 5.41) is 13.6. The minimum absolute atomic E-state index is 0.213. The van der Waals surface area contributed by atoms with Gasteiger partial charge in [0.15, 0.2) is 0 Å². The number of aromatic nitrogens is 1. The summed E-state index contributed by atoms with van der Waals surface area (Å²) in [6, 6.07) is 11.7. The Morgan fingerprint density at radius 1 is 1.36 bits per heavy atom. The lowest BCUT2D eigenvalue weighted by atomic mass is 9.94. The van der Waals surface area contributed by atoms with E-state index in [0.717, 1.165) is 42.6 Å². The number of methoxy groups -OCH3 is 1. The number of rotatable bonds is 4. The zero-order valence-electron chi connectivity index (χ0n) is 12.6. The molecule has 0 unspecified atom stereocenters. The highest BCUT2D eigenvalue weighted by Crippen LogP contribution is 2.28. The molecule has 1 N–H and O–H groups in total. The molecule has 0 bridgehead atoms. The molecule has 0 saturated carbocycles. The summed E-state index contributed by atoms with van der Waals surface area (Å²) in [5.41, 5.74) is 1.95. The molecule has 2 aromatic rings. The zero-order valence-corrected chi connectivity index (χ0v) is 12.6. The summed E-state index contributed by atoms with van der Waals surface area (Å²) in [6.45, 7) is 2.12. The molecular weight excluding hydrogens is 278 g/mol. The minimum atomic E-state index is -0.213. The fourth-order valence-electron chi connectivity index (χ4n) is 2.83. The highest BCUT2D eigenvalue weighted by Gasteiger charge is 2.32. The molecule has 0 amide bonds. The first-order chi connectivity index (χ1) is 10.8. The Hall–Kier alpha value is -2.16. The fraction of sp³-hybridized carbons (Fsp3) is 0.412. The third-order valence-electron chi connectivity index (χ3n) is 4.27. The standard InChI is InChI=1S/C17H19N3O2/c1-21-17(6-8-22-9-7-17)12-19-16-10-13(11-18)20-15-5-3-2-4-14(15)16/h2-5,10H,6-9,12H2,1H3,(H,19,20). The van der Waals surface area contributed by atoms with E-state index in [2.05, 4.69) is 16.4 Å². The summed E-state index contributed by atoms with van der Waals surface area (Å²) in [4.78, 5) is 4.33. The Morgan fingerprint density at radius 2 is 2.14 bits per heavy atom. The van der Waals surface area contributed by atoms with Gasteiger partial charge < -0.3 is 14.8 Å². The van der Waals surface area contributed by atoms with Crippen molar-refractivity contribution >= 4 is 16.6 Å². The normalized spacial score (nSPS) is 17.1. The van der Waals surface area contributed by atoms with Crippen LogP contribution in [0, 0.1) is 11.3 Å². The minimum Gasteiger partial charge on any atom is -0.382 e. The average Bonchev–Trinajstić information content (AvgIpc) is 2.60. The van der Waals surface area contributed by atoms with Gasteiger partial charge in [-0.05, 0) is 12.1 Å². The van der Waals surface area contributed by atoms with Gasteiger partial charge in [-0.1, -0.05) is 18.2 Å². The van der Waals surface area contributed by atoms with Crippen LogP contribution >= 0.6 is 0 Å².